The second-order valence-corrected chi connectivity index (χ2v) is 10.9. The van der Waals surface area contributed by atoms with Gasteiger partial charge in [-0.1, -0.05) is 43.8 Å². The number of aryl methyl sites for hydroxylation is 1. The molecule has 2 aromatic rings. The first-order valence-corrected chi connectivity index (χ1v) is 9.80. The van der Waals surface area contributed by atoms with Gasteiger partial charge in [0.15, 0.2) is 0 Å². The Bertz CT molecular complexity index is 576. The van der Waals surface area contributed by atoms with E-state index in [1.807, 2.05) is 11.3 Å². The average Bonchev–Trinajstić information content (AvgIpc) is 2.53. The molecule has 0 aliphatic carbocycles. The molecule has 1 aromatic carbocycles. The highest BCUT2D eigenvalue weighted by Gasteiger charge is 2.09. The van der Waals surface area contributed by atoms with E-state index in [9.17, 15) is 0 Å². The zero-order chi connectivity index (χ0) is 11.8. The van der Waals surface area contributed by atoms with Crippen molar-refractivity contribution in [2.75, 3.05) is 0 Å². The maximum absolute atomic E-state index is 3.44. The molecule has 0 aliphatic heterocycles. The van der Waals surface area contributed by atoms with Crippen LogP contribution >= 0.6 is 11.3 Å². The fraction of sp³-hybridized carbons (Fsp3) is 0.286. The summed E-state index contributed by atoms with van der Waals surface area (Å²) in [7, 11) is -1.27. The fourth-order valence-electron chi connectivity index (χ4n) is 1.54. The van der Waals surface area contributed by atoms with Gasteiger partial charge in [-0.2, -0.15) is 0 Å². The quantitative estimate of drug-likeness (QED) is 0.475. The molecular formula is C14H16SSi. The van der Waals surface area contributed by atoms with E-state index in [-0.39, 0.29) is 0 Å². The third-order valence-electron chi connectivity index (χ3n) is 2.39. The van der Waals surface area contributed by atoms with Crippen LogP contribution in [0, 0.1) is 18.4 Å². The van der Waals surface area contributed by atoms with Crippen LogP contribution < -0.4 is 0 Å². The summed E-state index contributed by atoms with van der Waals surface area (Å²) in [5, 5.41) is 1.35. The lowest BCUT2D eigenvalue weighted by molar-refractivity contribution is 1.57. The Labute approximate surface area is 102 Å². The van der Waals surface area contributed by atoms with Crippen molar-refractivity contribution in [3.63, 3.8) is 0 Å². The molecule has 0 aliphatic rings. The van der Waals surface area contributed by atoms with Crippen molar-refractivity contribution in [1.29, 1.82) is 0 Å². The van der Waals surface area contributed by atoms with Gasteiger partial charge in [0, 0.05) is 4.70 Å². The van der Waals surface area contributed by atoms with E-state index in [0.717, 1.165) is 0 Å². The molecule has 16 heavy (non-hydrogen) atoms. The molecule has 82 valence electrons. The Kier molecular flexibility index (Phi) is 2.92. The van der Waals surface area contributed by atoms with Crippen LogP contribution in [0.15, 0.2) is 24.3 Å². The van der Waals surface area contributed by atoms with Crippen molar-refractivity contribution in [1.82, 2.24) is 0 Å². The normalized spacial score (nSPS) is 11.2. The first-order valence-electron chi connectivity index (χ1n) is 5.49. The molecule has 0 fully saturated rings. The number of hydrogen-bond acceptors (Lipinski definition) is 1. The Morgan fingerprint density at radius 1 is 1.12 bits per heavy atom. The monoisotopic (exact) mass is 244 g/mol. The second kappa shape index (κ2) is 4.08. The molecule has 0 amide bonds. The Balaban J connectivity index is 2.53. The van der Waals surface area contributed by atoms with E-state index in [1.165, 1.54) is 20.5 Å². The van der Waals surface area contributed by atoms with Crippen molar-refractivity contribution < 1.29 is 0 Å². The molecule has 0 unspecified atom stereocenters. The van der Waals surface area contributed by atoms with Crippen LogP contribution in [0.1, 0.15) is 10.4 Å². The molecule has 2 heteroatoms. The summed E-state index contributed by atoms with van der Waals surface area (Å²) >= 11 is 1.81. The predicted molar refractivity (Wildman–Crippen MR) is 76.8 cm³/mol. The van der Waals surface area contributed by atoms with Crippen molar-refractivity contribution in [3.8, 4) is 11.5 Å². The molecule has 0 saturated heterocycles. The van der Waals surface area contributed by atoms with Gasteiger partial charge in [0.25, 0.3) is 0 Å². The first kappa shape index (κ1) is 11.4. The van der Waals surface area contributed by atoms with Crippen molar-refractivity contribution in [2.45, 2.75) is 26.6 Å². The number of hydrogen-bond donors (Lipinski definition) is 0. The average molecular weight is 244 g/mol. The first-order chi connectivity index (χ1) is 7.47. The summed E-state index contributed by atoms with van der Waals surface area (Å²) in [6, 6.07) is 8.54. The molecule has 0 atom stereocenters. The molecule has 0 radical (unpaired) electrons. The Morgan fingerprint density at radius 3 is 2.44 bits per heavy atom. The van der Waals surface area contributed by atoms with Gasteiger partial charge in [-0.25, -0.2) is 0 Å². The van der Waals surface area contributed by atoms with Crippen LogP contribution in [0.2, 0.25) is 19.6 Å². The van der Waals surface area contributed by atoms with E-state index in [1.54, 1.807) is 0 Å². The van der Waals surface area contributed by atoms with Crippen LogP contribution in [-0.2, 0) is 0 Å². The standard InChI is InChI=1S/C14H16SSi/c1-11-12-7-5-6-8-14(12)15-13(11)9-10-16(2,3)4/h5-8H,1-4H3. The van der Waals surface area contributed by atoms with Gasteiger partial charge in [0.05, 0.1) is 4.88 Å². The third-order valence-corrected chi connectivity index (χ3v) is 4.46. The highest BCUT2D eigenvalue weighted by Crippen LogP contribution is 2.29. The summed E-state index contributed by atoms with van der Waals surface area (Å²) in [6.45, 7) is 9.01. The highest BCUT2D eigenvalue weighted by atomic mass is 32.1. The lowest BCUT2D eigenvalue weighted by Crippen LogP contribution is -2.16. The summed E-state index contributed by atoms with van der Waals surface area (Å²) in [5.74, 6) is 3.37. The number of benzene rings is 1. The Morgan fingerprint density at radius 2 is 1.81 bits per heavy atom. The van der Waals surface area contributed by atoms with Gasteiger partial charge in [-0.3, -0.25) is 0 Å². The summed E-state index contributed by atoms with van der Waals surface area (Å²) in [6.07, 6.45) is 0. The molecule has 0 bridgehead atoms. The minimum atomic E-state index is -1.27. The van der Waals surface area contributed by atoms with Gasteiger partial charge in [0.1, 0.15) is 8.07 Å². The SMILES string of the molecule is Cc1c(C#C[Si](C)(C)C)sc2ccccc12. The molecule has 0 saturated carbocycles. The van der Waals surface area contributed by atoms with Gasteiger partial charge in [-0.05, 0) is 23.9 Å². The van der Waals surface area contributed by atoms with Gasteiger partial charge >= 0.3 is 0 Å². The van der Waals surface area contributed by atoms with Crippen LogP contribution in [0.25, 0.3) is 10.1 Å². The van der Waals surface area contributed by atoms with E-state index < -0.39 is 8.07 Å². The van der Waals surface area contributed by atoms with E-state index >= 15 is 0 Å². The maximum Gasteiger partial charge on any atom is 0.129 e. The van der Waals surface area contributed by atoms with Gasteiger partial charge in [-0.15, -0.1) is 16.9 Å². The van der Waals surface area contributed by atoms with Crippen LogP contribution in [0.5, 0.6) is 0 Å². The van der Waals surface area contributed by atoms with Crippen molar-refractivity contribution in [3.05, 3.63) is 34.7 Å². The minimum absolute atomic E-state index is 1.24. The predicted octanol–water partition coefficient (Wildman–Crippen LogP) is 4.44. The van der Waals surface area contributed by atoms with Crippen LogP contribution in [0.3, 0.4) is 0 Å². The van der Waals surface area contributed by atoms with Gasteiger partial charge in [0.2, 0.25) is 0 Å². The number of fused-ring (bicyclic) bond motifs is 1. The molecule has 0 N–H and O–H groups in total. The molecule has 2 rings (SSSR count). The lowest BCUT2D eigenvalue weighted by Gasteiger charge is -2.02. The molecule has 1 aromatic heterocycles. The smallest absolute Gasteiger partial charge is 0.126 e. The summed E-state index contributed by atoms with van der Waals surface area (Å²) < 4.78 is 1.35. The van der Waals surface area contributed by atoms with Crippen LogP contribution in [0.4, 0.5) is 0 Å². The highest BCUT2D eigenvalue weighted by molar-refractivity contribution is 7.19. The third kappa shape index (κ3) is 2.37. The minimum Gasteiger partial charge on any atom is -0.126 e. The number of thiophene rings is 1. The molecular weight excluding hydrogens is 228 g/mol. The summed E-state index contributed by atoms with van der Waals surface area (Å²) in [5.41, 5.74) is 4.78. The summed E-state index contributed by atoms with van der Waals surface area (Å²) in [4.78, 5) is 1.24. The van der Waals surface area contributed by atoms with Crippen LogP contribution in [-0.4, -0.2) is 8.07 Å². The largest absolute Gasteiger partial charge is 0.129 e. The maximum atomic E-state index is 3.44. The van der Waals surface area contributed by atoms with Crippen molar-refractivity contribution in [2.24, 2.45) is 0 Å². The lowest BCUT2D eigenvalue weighted by atomic mass is 10.1. The van der Waals surface area contributed by atoms with E-state index in [0.29, 0.717) is 0 Å². The Hall–Kier alpha value is -1.04. The van der Waals surface area contributed by atoms with E-state index in [4.69, 9.17) is 0 Å². The zero-order valence-electron chi connectivity index (χ0n) is 10.2. The molecule has 0 spiro atoms. The van der Waals surface area contributed by atoms with E-state index in [2.05, 4.69) is 62.3 Å². The second-order valence-electron chi connectivity index (χ2n) is 5.05. The molecule has 1 heterocycles. The van der Waals surface area contributed by atoms with Gasteiger partial charge < -0.3 is 0 Å². The fourth-order valence-corrected chi connectivity index (χ4v) is 3.19. The van der Waals surface area contributed by atoms with Crippen molar-refractivity contribution >= 4 is 29.5 Å². The zero-order valence-corrected chi connectivity index (χ0v) is 12.0. The molecule has 0 nitrogen and oxygen atoms in total. The number of rotatable bonds is 0. The topological polar surface area (TPSA) is 0 Å².